The molecule has 0 aliphatic heterocycles. The van der Waals surface area contributed by atoms with Crippen LogP contribution < -0.4 is 0 Å². The molecule has 0 radical (unpaired) electrons. The van der Waals surface area contributed by atoms with Gasteiger partial charge in [0.15, 0.2) is 0 Å². The molecule has 0 spiro atoms. The lowest BCUT2D eigenvalue weighted by molar-refractivity contribution is -0.385. The summed E-state index contributed by atoms with van der Waals surface area (Å²) in [5.41, 5.74) is -0.106. The Labute approximate surface area is 95.2 Å². The summed E-state index contributed by atoms with van der Waals surface area (Å²) < 4.78 is 0. The molecule has 0 saturated carbocycles. The van der Waals surface area contributed by atoms with Crippen LogP contribution in [0.25, 0.3) is 0 Å². The maximum atomic E-state index is 10.9. The van der Waals surface area contributed by atoms with Crippen molar-refractivity contribution in [1.82, 2.24) is 0 Å². The molecule has 0 aliphatic carbocycles. The number of non-ortho nitro benzene ring substituents is 1. The van der Waals surface area contributed by atoms with Crippen molar-refractivity contribution in [3.8, 4) is 0 Å². The molecule has 14 heavy (non-hydrogen) atoms. The molecule has 1 aromatic rings. The van der Waals surface area contributed by atoms with Crippen LogP contribution in [0.3, 0.4) is 0 Å². The number of thiol groups is 2. The number of nitro benzene ring substituents is 1. The average Bonchev–Trinajstić information content (AvgIpc) is 2.01. The molecule has 7 heteroatoms. The highest BCUT2D eigenvalue weighted by atomic mass is 35.5. The summed E-state index contributed by atoms with van der Waals surface area (Å²) in [5.74, 6) is 0. The zero-order valence-electron chi connectivity index (χ0n) is 6.60. The fraction of sp³-hybridized carbons (Fsp3) is 0. The number of rotatable bonds is 2. The quantitative estimate of drug-likeness (QED) is 0.367. The first-order valence-corrected chi connectivity index (χ1v) is 4.61. The molecular formula is C7H4ClNO3S2. The summed E-state index contributed by atoms with van der Waals surface area (Å²) in [6.45, 7) is 0. The van der Waals surface area contributed by atoms with Crippen molar-refractivity contribution in [2.75, 3.05) is 0 Å². The Morgan fingerprint density at radius 3 is 2.07 bits per heavy atom. The van der Waals surface area contributed by atoms with Gasteiger partial charge in [-0.1, -0.05) is 0 Å². The van der Waals surface area contributed by atoms with E-state index in [2.05, 4.69) is 25.3 Å². The van der Waals surface area contributed by atoms with Gasteiger partial charge in [0.05, 0.1) is 10.5 Å². The van der Waals surface area contributed by atoms with Gasteiger partial charge in [-0.2, -0.15) is 0 Å². The number of hydrogen-bond acceptors (Lipinski definition) is 5. The van der Waals surface area contributed by atoms with Crippen LogP contribution in [-0.2, 0) is 0 Å². The van der Waals surface area contributed by atoms with Crippen molar-refractivity contribution in [2.45, 2.75) is 9.79 Å². The molecule has 0 fully saturated rings. The molecule has 0 bridgehead atoms. The number of carbonyl (C=O) groups excluding carboxylic acids is 1. The first-order valence-electron chi connectivity index (χ1n) is 3.33. The second kappa shape index (κ2) is 4.20. The SMILES string of the molecule is O=C(Cl)c1c(S)cc([N+](=O)[O-])cc1S. The highest BCUT2D eigenvalue weighted by molar-refractivity contribution is 7.81. The van der Waals surface area contributed by atoms with E-state index < -0.39 is 10.2 Å². The van der Waals surface area contributed by atoms with Crippen molar-refractivity contribution in [3.05, 3.63) is 27.8 Å². The summed E-state index contributed by atoms with van der Waals surface area (Å²) in [6, 6.07) is 2.30. The molecule has 0 aromatic heterocycles. The van der Waals surface area contributed by atoms with Crippen LogP contribution in [-0.4, -0.2) is 10.2 Å². The molecule has 0 unspecified atom stereocenters. The van der Waals surface area contributed by atoms with E-state index >= 15 is 0 Å². The number of benzene rings is 1. The smallest absolute Gasteiger partial charge is 0.271 e. The Kier molecular flexibility index (Phi) is 3.41. The Bertz CT molecular complexity index is 398. The number of hydrogen-bond donors (Lipinski definition) is 2. The topological polar surface area (TPSA) is 60.2 Å². The van der Waals surface area contributed by atoms with Crippen LogP contribution in [0.5, 0.6) is 0 Å². The van der Waals surface area contributed by atoms with Gasteiger partial charge in [-0.3, -0.25) is 14.9 Å². The van der Waals surface area contributed by atoms with Crippen LogP contribution in [0.15, 0.2) is 21.9 Å². The van der Waals surface area contributed by atoms with Gasteiger partial charge in [-0.25, -0.2) is 0 Å². The minimum Gasteiger partial charge on any atom is -0.276 e. The number of nitrogens with zero attached hydrogens (tertiary/aromatic N) is 1. The van der Waals surface area contributed by atoms with Gasteiger partial charge in [0.2, 0.25) is 0 Å². The van der Waals surface area contributed by atoms with Crippen molar-refractivity contribution >= 4 is 47.8 Å². The van der Waals surface area contributed by atoms with Crippen molar-refractivity contribution in [3.63, 3.8) is 0 Å². The lowest BCUT2D eigenvalue weighted by Crippen LogP contribution is -1.96. The second-order valence-corrected chi connectivity index (χ2v) is 3.70. The van der Waals surface area contributed by atoms with Crippen molar-refractivity contribution < 1.29 is 9.72 Å². The lowest BCUT2D eigenvalue weighted by atomic mass is 10.2. The molecule has 74 valence electrons. The maximum absolute atomic E-state index is 10.9. The summed E-state index contributed by atoms with van der Waals surface area (Å²) in [4.78, 5) is 21.0. The number of nitro groups is 1. The summed E-state index contributed by atoms with van der Waals surface area (Å²) >= 11 is 13.1. The highest BCUT2D eigenvalue weighted by Crippen LogP contribution is 2.28. The van der Waals surface area contributed by atoms with Gasteiger partial charge in [0.1, 0.15) is 0 Å². The third-order valence-corrected chi connectivity index (χ3v) is 2.38. The predicted octanol–water partition coefficient (Wildman–Crippen LogP) is 2.55. The Morgan fingerprint density at radius 2 is 1.79 bits per heavy atom. The van der Waals surface area contributed by atoms with Crippen molar-refractivity contribution in [1.29, 1.82) is 0 Å². The molecule has 1 rings (SSSR count). The van der Waals surface area contributed by atoms with Crippen LogP contribution in [0.1, 0.15) is 10.4 Å². The predicted molar refractivity (Wildman–Crippen MR) is 57.8 cm³/mol. The van der Waals surface area contributed by atoms with E-state index in [4.69, 9.17) is 11.6 Å². The summed E-state index contributed by atoms with van der Waals surface area (Å²) in [5, 5.41) is 9.67. The van der Waals surface area contributed by atoms with E-state index in [1.807, 2.05) is 0 Å². The average molecular weight is 250 g/mol. The van der Waals surface area contributed by atoms with Crippen LogP contribution in [0, 0.1) is 10.1 Å². The lowest BCUT2D eigenvalue weighted by Gasteiger charge is -2.02. The van der Waals surface area contributed by atoms with Gasteiger partial charge in [-0.15, -0.1) is 25.3 Å². The molecule has 0 heterocycles. The molecule has 0 saturated heterocycles. The zero-order chi connectivity index (χ0) is 10.9. The summed E-state index contributed by atoms with van der Waals surface area (Å²) in [6.07, 6.45) is 0. The maximum Gasteiger partial charge on any atom is 0.271 e. The van der Waals surface area contributed by atoms with Gasteiger partial charge >= 0.3 is 0 Å². The van der Waals surface area contributed by atoms with Crippen LogP contribution in [0.2, 0.25) is 0 Å². The highest BCUT2D eigenvalue weighted by Gasteiger charge is 2.16. The van der Waals surface area contributed by atoms with E-state index in [0.29, 0.717) is 0 Å². The van der Waals surface area contributed by atoms with E-state index in [1.54, 1.807) is 0 Å². The van der Waals surface area contributed by atoms with E-state index in [0.717, 1.165) is 12.1 Å². The normalized spacial score (nSPS) is 9.93. The van der Waals surface area contributed by atoms with E-state index in [-0.39, 0.29) is 21.0 Å². The molecule has 0 aliphatic rings. The third kappa shape index (κ3) is 2.20. The minimum atomic E-state index is -0.741. The van der Waals surface area contributed by atoms with E-state index in [1.165, 1.54) is 0 Å². The fourth-order valence-corrected chi connectivity index (χ4v) is 2.04. The Hall–Kier alpha value is -0.720. The standard InChI is InChI=1S/C7H4ClNO3S2/c8-7(10)6-4(13)1-3(9(11)12)2-5(6)14/h1-2,13-14H. The molecular weight excluding hydrogens is 246 g/mol. The van der Waals surface area contributed by atoms with E-state index in [9.17, 15) is 14.9 Å². The fourth-order valence-electron chi connectivity index (χ4n) is 0.904. The van der Waals surface area contributed by atoms with Gasteiger partial charge in [0, 0.05) is 21.9 Å². The second-order valence-electron chi connectivity index (χ2n) is 2.39. The number of halogens is 1. The first kappa shape index (κ1) is 11.4. The molecule has 4 nitrogen and oxygen atoms in total. The van der Waals surface area contributed by atoms with Crippen molar-refractivity contribution in [2.24, 2.45) is 0 Å². The van der Waals surface area contributed by atoms with Gasteiger partial charge in [-0.05, 0) is 11.6 Å². The van der Waals surface area contributed by atoms with Gasteiger partial charge < -0.3 is 0 Å². The van der Waals surface area contributed by atoms with Crippen LogP contribution >= 0.6 is 36.9 Å². The monoisotopic (exact) mass is 249 g/mol. The molecule has 0 atom stereocenters. The first-order chi connectivity index (χ1) is 6.43. The van der Waals surface area contributed by atoms with Crippen LogP contribution in [0.4, 0.5) is 5.69 Å². The molecule has 1 aromatic carbocycles. The summed E-state index contributed by atoms with van der Waals surface area (Å²) in [7, 11) is 0. The minimum absolute atomic E-state index is 0.0731. The third-order valence-electron chi connectivity index (χ3n) is 1.49. The Balaban J connectivity index is 3.39. The molecule has 0 N–H and O–H groups in total. The Morgan fingerprint density at radius 1 is 1.36 bits per heavy atom. The zero-order valence-corrected chi connectivity index (χ0v) is 9.14. The molecule has 0 amide bonds. The van der Waals surface area contributed by atoms with Gasteiger partial charge in [0.25, 0.3) is 10.9 Å². The number of carbonyl (C=O) groups is 1. The largest absolute Gasteiger partial charge is 0.276 e.